The van der Waals surface area contributed by atoms with E-state index in [1.54, 1.807) is 6.92 Å². The fourth-order valence-electron chi connectivity index (χ4n) is 0.243. The zero-order valence-electron chi connectivity index (χ0n) is 6.36. The van der Waals surface area contributed by atoms with Crippen molar-refractivity contribution in [1.82, 2.24) is 0 Å². The standard InChI is InChI=1S/C6H7N.C2H6/c1-2-3-4-5-6-7;1-2/h4-5H2,1H3;1-2H3. The molecule has 0 amide bonds. The SMILES string of the molecule is CC.CC#CCCC#N. The molecule has 0 aliphatic heterocycles. The summed E-state index contributed by atoms with van der Waals surface area (Å²) in [5.41, 5.74) is 0. The molecule has 0 atom stereocenters. The van der Waals surface area contributed by atoms with Crippen molar-refractivity contribution in [2.45, 2.75) is 33.6 Å². The Morgan fingerprint density at radius 1 is 1.22 bits per heavy atom. The van der Waals surface area contributed by atoms with Crippen molar-refractivity contribution in [1.29, 1.82) is 5.26 Å². The van der Waals surface area contributed by atoms with Crippen LogP contribution in [-0.4, -0.2) is 0 Å². The van der Waals surface area contributed by atoms with Gasteiger partial charge in [0.05, 0.1) is 6.07 Å². The number of unbranched alkanes of at least 4 members (excludes halogenated alkanes) is 1. The first-order valence-electron chi connectivity index (χ1n) is 3.18. The molecule has 0 aromatic rings. The van der Waals surface area contributed by atoms with Crippen LogP contribution in [0.4, 0.5) is 0 Å². The summed E-state index contributed by atoms with van der Waals surface area (Å²) in [5, 5.41) is 7.98. The molecule has 0 aromatic heterocycles. The zero-order chi connectivity index (χ0) is 7.54. The van der Waals surface area contributed by atoms with E-state index < -0.39 is 0 Å². The summed E-state index contributed by atoms with van der Waals surface area (Å²) in [4.78, 5) is 0. The van der Waals surface area contributed by atoms with Gasteiger partial charge in [0.15, 0.2) is 0 Å². The van der Waals surface area contributed by atoms with Crippen LogP contribution in [0, 0.1) is 23.2 Å². The van der Waals surface area contributed by atoms with Crippen molar-refractivity contribution >= 4 is 0 Å². The summed E-state index contributed by atoms with van der Waals surface area (Å²) in [7, 11) is 0. The van der Waals surface area contributed by atoms with Crippen molar-refractivity contribution < 1.29 is 0 Å². The first-order chi connectivity index (χ1) is 4.41. The van der Waals surface area contributed by atoms with Crippen LogP contribution < -0.4 is 0 Å². The highest BCUT2D eigenvalue weighted by molar-refractivity contribution is 4.96. The molecule has 0 aliphatic rings. The first-order valence-corrected chi connectivity index (χ1v) is 3.18. The maximum atomic E-state index is 7.98. The Morgan fingerprint density at radius 2 is 1.78 bits per heavy atom. The van der Waals surface area contributed by atoms with E-state index in [-0.39, 0.29) is 0 Å². The van der Waals surface area contributed by atoms with Crippen LogP contribution in [0.1, 0.15) is 33.6 Å². The van der Waals surface area contributed by atoms with Crippen molar-refractivity contribution in [3.63, 3.8) is 0 Å². The highest BCUT2D eigenvalue weighted by Gasteiger charge is 1.70. The van der Waals surface area contributed by atoms with Gasteiger partial charge in [-0.1, -0.05) is 13.8 Å². The fraction of sp³-hybridized carbons (Fsp3) is 0.625. The lowest BCUT2D eigenvalue weighted by Gasteiger charge is -1.69. The average Bonchev–Trinajstić information content (AvgIpc) is 1.94. The molecule has 0 rings (SSSR count). The summed E-state index contributed by atoms with van der Waals surface area (Å²) in [6.07, 6.45) is 1.27. The molecule has 0 saturated heterocycles. The lowest BCUT2D eigenvalue weighted by Crippen LogP contribution is -1.60. The normalized spacial score (nSPS) is 5.11. The van der Waals surface area contributed by atoms with Crippen molar-refractivity contribution in [3.05, 3.63) is 0 Å². The van der Waals surface area contributed by atoms with Gasteiger partial charge in [-0.05, 0) is 6.92 Å². The summed E-state index contributed by atoms with van der Waals surface area (Å²) in [5.74, 6) is 5.48. The monoisotopic (exact) mass is 123 g/mol. The van der Waals surface area contributed by atoms with E-state index >= 15 is 0 Å². The van der Waals surface area contributed by atoms with Crippen LogP contribution in [0.2, 0.25) is 0 Å². The fourth-order valence-corrected chi connectivity index (χ4v) is 0.243. The Labute approximate surface area is 57.7 Å². The van der Waals surface area contributed by atoms with Gasteiger partial charge in [-0.2, -0.15) is 5.26 Å². The lowest BCUT2D eigenvalue weighted by atomic mass is 10.3. The molecule has 0 heterocycles. The number of nitriles is 1. The Kier molecular flexibility index (Phi) is 19.1. The van der Waals surface area contributed by atoms with Gasteiger partial charge in [-0.3, -0.25) is 0 Å². The van der Waals surface area contributed by atoms with Crippen molar-refractivity contribution in [2.75, 3.05) is 0 Å². The molecule has 9 heavy (non-hydrogen) atoms. The Bertz CT molecular complexity index is 120. The van der Waals surface area contributed by atoms with Crippen LogP contribution >= 0.6 is 0 Å². The summed E-state index contributed by atoms with van der Waals surface area (Å²) < 4.78 is 0. The Morgan fingerprint density at radius 3 is 2.11 bits per heavy atom. The molecule has 0 aromatic carbocycles. The molecular weight excluding hydrogens is 110 g/mol. The molecule has 50 valence electrons. The molecule has 0 N–H and O–H groups in total. The Hall–Kier alpha value is -0.950. The van der Waals surface area contributed by atoms with Gasteiger partial charge in [-0.15, -0.1) is 11.8 Å². The van der Waals surface area contributed by atoms with Gasteiger partial charge in [0.2, 0.25) is 0 Å². The topological polar surface area (TPSA) is 23.8 Å². The lowest BCUT2D eigenvalue weighted by molar-refractivity contribution is 1.09. The molecule has 0 radical (unpaired) electrons. The zero-order valence-corrected chi connectivity index (χ0v) is 6.36. The summed E-state index contributed by atoms with van der Waals surface area (Å²) in [6, 6.07) is 2.00. The molecule has 0 saturated carbocycles. The van der Waals surface area contributed by atoms with Crippen LogP contribution in [0.15, 0.2) is 0 Å². The highest BCUT2D eigenvalue weighted by Crippen LogP contribution is 1.79. The van der Waals surface area contributed by atoms with E-state index in [1.807, 2.05) is 19.9 Å². The second-order valence-electron chi connectivity index (χ2n) is 1.08. The number of nitrogens with zero attached hydrogens (tertiary/aromatic N) is 1. The van der Waals surface area contributed by atoms with Crippen LogP contribution in [0.3, 0.4) is 0 Å². The largest absolute Gasteiger partial charge is 0.198 e. The third kappa shape index (κ3) is 19.3. The molecular formula is C8H13N. The second-order valence-corrected chi connectivity index (χ2v) is 1.08. The van der Waals surface area contributed by atoms with E-state index in [2.05, 4.69) is 11.8 Å². The summed E-state index contributed by atoms with van der Waals surface area (Å²) in [6.45, 7) is 5.78. The predicted octanol–water partition coefficient (Wildman–Crippen LogP) is 2.34. The maximum Gasteiger partial charge on any atom is 0.0631 e. The van der Waals surface area contributed by atoms with Gasteiger partial charge in [0.25, 0.3) is 0 Å². The minimum absolute atomic E-state index is 0.556. The quantitative estimate of drug-likeness (QED) is 0.388. The van der Waals surface area contributed by atoms with Crippen LogP contribution in [0.5, 0.6) is 0 Å². The van der Waals surface area contributed by atoms with Gasteiger partial charge < -0.3 is 0 Å². The number of hydrogen-bond acceptors (Lipinski definition) is 1. The second kappa shape index (κ2) is 15.7. The molecule has 0 bridgehead atoms. The van der Waals surface area contributed by atoms with E-state index in [1.165, 1.54) is 0 Å². The third-order valence-electron chi connectivity index (χ3n) is 0.539. The van der Waals surface area contributed by atoms with Crippen molar-refractivity contribution in [3.8, 4) is 17.9 Å². The van der Waals surface area contributed by atoms with Crippen LogP contribution in [0.25, 0.3) is 0 Å². The summed E-state index contributed by atoms with van der Waals surface area (Å²) >= 11 is 0. The molecule has 0 aliphatic carbocycles. The minimum atomic E-state index is 0.556. The average molecular weight is 123 g/mol. The van der Waals surface area contributed by atoms with E-state index in [4.69, 9.17) is 5.26 Å². The third-order valence-corrected chi connectivity index (χ3v) is 0.539. The van der Waals surface area contributed by atoms with Gasteiger partial charge in [0, 0.05) is 12.8 Å². The van der Waals surface area contributed by atoms with E-state index in [0.717, 1.165) is 0 Å². The number of rotatable bonds is 1. The molecule has 1 heteroatoms. The smallest absolute Gasteiger partial charge is 0.0631 e. The van der Waals surface area contributed by atoms with Gasteiger partial charge >= 0.3 is 0 Å². The minimum Gasteiger partial charge on any atom is -0.198 e. The van der Waals surface area contributed by atoms with E-state index in [0.29, 0.717) is 12.8 Å². The first kappa shape index (κ1) is 10.9. The van der Waals surface area contributed by atoms with Crippen LogP contribution in [-0.2, 0) is 0 Å². The highest BCUT2D eigenvalue weighted by atomic mass is 14.2. The Balaban J connectivity index is 0. The molecule has 0 unspecified atom stereocenters. The predicted molar refractivity (Wildman–Crippen MR) is 39.6 cm³/mol. The molecule has 0 fully saturated rings. The number of hydrogen-bond donors (Lipinski definition) is 0. The van der Waals surface area contributed by atoms with E-state index in [9.17, 15) is 0 Å². The van der Waals surface area contributed by atoms with Crippen molar-refractivity contribution in [2.24, 2.45) is 0 Å². The van der Waals surface area contributed by atoms with Gasteiger partial charge in [-0.25, -0.2) is 0 Å². The van der Waals surface area contributed by atoms with Gasteiger partial charge in [0.1, 0.15) is 0 Å². The molecule has 1 nitrogen and oxygen atoms in total. The maximum absolute atomic E-state index is 7.98. The molecule has 0 spiro atoms.